The lowest BCUT2D eigenvalue weighted by molar-refractivity contribution is 0.0472. The summed E-state index contributed by atoms with van der Waals surface area (Å²) in [7, 11) is 0. The van der Waals surface area contributed by atoms with Gasteiger partial charge >= 0.3 is 5.97 Å². The van der Waals surface area contributed by atoms with E-state index in [1.54, 1.807) is 17.8 Å². The highest BCUT2D eigenvalue weighted by molar-refractivity contribution is 7.99. The Morgan fingerprint density at radius 2 is 1.48 bits per heavy atom. The van der Waals surface area contributed by atoms with Crippen LogP contribution in [0.25, 0.3) is 11.3 Å². The molecule has 3 aromatic carbocycles. The summed E-state index contributed by atoms with van der Waals surface area (Å²) in [4.78, 5) is 14.7. The van der Waals surface area contributed by atoms with Crippen molar-refractivity contribution in [3.05, 3.63) is 108 Å². The van der Waals surface area contributed by atoms with Gasteiger partial charge in [-0.15, -0.1) is 0 Å². The van der Waals surface area contributed by atoms with Gasteiger partial charge in [-0.25, -0.2) is 4.79 Å². The van der Waals surface area contributed by atoms with E-state index in [1.807, 2.05) is 72.8 Å². The fourth-order valence-corrected chi connectivity index (χ4v) is 3.58. The van der Waals surface area contributed by atoms with Crippen LogP contribution in [-0.4, -0.2) is 16.2 Å². The Hall–Kier alpha value is -3.44. The van der Waals surface area contributed by atoms with Gasteiger partial charge < -0.3 is 4.74 Å². The van der Waals surface area contributed by atoms with Crippen molar-refractivity contribution in [2.45, 2.75) is 16.4 Å². The van der Waals surface area contributed by atoms with Crippen LogP contribution in [0.4, 0.5) is 0 Å². The van der Waals surface area contributed by atoms with E-state index in [9.17, 15) is 4.79 Å². The maximum atomic E-state index is 12.4. The van der Waals surface area contributed by atoms with Crippen molar-refractivity contribution < 1.29 is 9.53 Å². The molecule has 0 spiro atoms. The lowest BCUT2D eigenvalue weighted by atomic mass is 10.1. The van der Waals surface area contributed by atoms with Crippen LogP contribution in [0, 0.1) is 0 Å². The number of aromatic nitrogens is 2. The Bertz CT molecular complexity index is 1080. The molecule has 0 saturated heterocycles. The van der Waals surface area contributed by atoms with E-state index >= 15 is 0 Å². The van der Waals surface area contributed by atoms with Gasteiger partial charge in [-0.05, 0) is 35.9 Å². The summed E-state index contributed by atoms with van der Waals surface area (Å²) >= 11 is 1.69. The Balaban J connectivity index is 1.37. The quantitative estimate of drug-likeness (QED) is 0.393. The molecule has 1 aromatic heterocycles. The van der Waals surface area contributed by atoms with Crippen LogP contribution in [0.2, 0.25) is 0 Å². The number of rotatable bonds is 6. The topological polar surface area (TPSA) is 52.1 Å². The SMILES string of the molecule is O=C(OCc1ccc(Sc2ccccc2)cc1)c1cnnc(-c2ccccc2)c1. The van der Waals surface area contributed by atoms with Crippen molar-refractivity contribution >= 4 is 17.7 Å². The number of hydrogen-bond donors (Lipinski definition) is 0. The zero-order chi connectivity index (χ0) is 19.9. The van der Waals surface area contributed by atoms with Crippen molar-refractivity contribution in [1.82, 2.24) is 10.2 Å². The van der Waals surface area contributed by atoms with Gasteiger partial charge in [0.2, 0.25) is 0 Å². The van der Waals surface area contributed by atoms with E-state index in [1.165, 1.54) is 11.1 Å². The summed E-state index contributed by atoms with van der Waals surface area (Å²) in [5, 5.41) is 8.03. The second-order valence-corrected chi connectivity index (χ2v) is 7.48. The molecule has 29 heavy (non-hydrogen) atoms. The number of hydrogen-bond acceptors (Lipinski definition) is 5. The summed E-state index contributed by atoms with van der Waals surface area (Å²) in [6, 6.07) is 29.5. The molecule has 5 heteroatoms. The third-order valence-electron chi connectivity index (χ3n) is 4.23. The number of ether oxygens (including phenoxy) is 1. The molecule has 0 amide bonds. The van der Waals surface area contributed by atoms with Crippen molar-refractivity contribution in [2.24, 2.45) is 0 Å². The molecule has 0 atom stereocenters. The summed E-state index contributed by atoms with van der Waals surface area (Å²) in [5.41, 5.74) is 2.86. The van der Waals surface area contributed by atoms with Crippen molar-refractivity contribution in [3.63, 3.8) is 0 Å². The van der Waals surface area contributed by atoms with E-state index < -0.39 is 5.97 Å². The summed E-state index contributed by atoms with van der Waals surface area (Å²) < 4.78 is 5.45. The first-order valence-electron chi connectivity index (χ1n) is 9.15. The van der Waals surface area contributed by atoms with Crippen molar-refractivity contribution in [1.29, 1.82) is 0 Å². The van der Waals surface area contributed by atoms with E-state index in [0.717, 1.165) is 16.0 Å². The molecule has 4 rings (SSSR count). The van der Waals surface area contributed by atoms with Gasteiger partial charge in [-0.2, -0.15) is 10.2 Å². The molecule has 0 radical (unpaired) electrons. The number of carbonyl (C=O) groups excluding carboxylic acids is 1. The average Bonchev–Trinajstić information content (AvgIpc) is 2.80. The van der Waals surface area contributed by atoms with E-state index in [4.69, 9.17) is 4.74 Å². The molecule has 0 fully saturated rings. The van der Waals surface area contributed by atoms with Crippen molar-refractivity contribution in [2.75, 3.05) is 0 Å². The van der Waals surface area contributed by atoms with Gasteiger partial charge in [0.1, 0.15) is 6.61 Å². The fraction of sp³-hybridized carbons (Fsp3) is 0.0417. The minimum absolute atomic E-state index is 0.206. The highest BCUT2D eigenvalue weighted by Crippen LogP contribution is 2.27. The van der Waals surface area contributed by atoms with Gasteiger partial charge in [-0.3, -0.25) is 0 Å². The predicted octanol–water partition coefficient (Wildman–Crippen LogP) is 5.65. The molecule has 0 unspecified atom stereocenters. The van der Waals surface area contributed by atoms with Crippen LogP contribution in [0.1, 0.15) is 15.9 Å². The Kier molecular flexibility index (Phi) is 5.98. The van der Waals surface area contributed by atoms with E-state index in [-0.39, 0.29) is 6.61 Å². The minimum Gasteiger partial charge on any atom is -0.457 e. The molecule has 4 aromatic rings. The number of nitrogens with zero attached hydrogens (tertiary/aromatic N) is 2. The second-order valence-electron chi connectivity index (χ2n) is 6.33. The summed E-state index contributed by atoms with van der Waals surface area (Å²) in [5.74, 6) is -0.417. The molecule has 0 aliphatic carbocycles. The molecule has 0 N–H and O–H groups in total. The van der Waals surface area contributed by atoms with Gasteiger partial charge in [0.25, 0.3) is 0 Å². The van der Waals surface area contributed by atoms with Crippen LogP contribution in [0.15, 0.2) is 107 Å². The average molecular weight is 398 g/mol. The molecular weight excluding hydrogens is 380 g/mol. The van der Waals surface area contributed by atoms with Gasteiger partial charge in [0.15, 0.2) is 0 Å². The van der Waals surface area contributed by atoms with E-state index in [0.29, 0.717) is 11.3 Å². The standard InChI is InChI=1S/C24H18N2O2S/c27-24(20-15-23(26-25-16-20)19-7-3-1-4-8-19)28-17-18-11-13-22(14-12-18)29-21-9-5-2-6-10-21/h1-16H,17H2. The third-order valence-corrected chi connectivity index (χ3v) is 5.25. The molecule has 4 nitrogen and oxygen atoms in total. The Labute approximate surface area is 173 Å². The molecule has 0 bridgehead atoms. The maximum Gasteiger partial charge on any atom is 0.340 e. The van der Waals surface area contributed by atoms with Crippen LogP contribution in [0.3, 0.4) is 0 Å². The first kappa shape index (κ1) is 18.9. The smallest absolute Gasteiger partial charge is 0.340 e. The van der Waals surface area contributed by atoms with E-state index in [2.05, 4.69) is 22.3 Å². The fourth-order valence-electron chi connectivity index (χ4n) is 2.74. The number of benzene rings is 3. The van der Waals surface area contributed by atoms with Gasteiger partial charge in [0, 0.05) is 15.4 Å². The number of esters is 1. The Morgan fingerprint density at radius 1 is 0.828 bits per heavy atom. The molecule has 0 aliphatic rings. The van der Waals surface area contributed by atoms with Gasteiger partial charge in [-0.1, -0.05) is 72.4 Å². The summed E-state index contributed by atoms with van der Waals surface area (Å²) in [6.07, 6.45) is 1.42. The van der Waals surface area contributed by atoms with Gasteiger partial charge in [0.05, 0.1) is 17.5 Å². The highest BCUT2D eigenvalue weighted by atomic mass is 32.2. The monoisotopic (exact) mass is 398 g/mol. The molecule has 142 valence electrons. The zero-order valence-corrected chi connectivity index (χ0v) is 16.4. The van der Waals surface area contributed by atoms with Crippen molar-refractivity contribution in [3.8, 4) is 11.3 Å². The third kappa shape index (κ3) is 5.09. The first-order chi connectivity index (χ1) is 14.3. The van der Waals surface area contributed by atoms with Crippen LogP contribution in [0.5, 0.6) is 0 Å². The molecule has 1 heterocycles. The Morgan fingerprint density at radius 3 is 2.21 bits per heavy atom. The lowest BCUT2D eigenvalue weighted by Gasteiger charge is -2.07. The predicted molar refractivity (Wildman–Crippen MR) is 114 cm³/mol. The van der Waals surface area contributed by atoms with Crippen LogP contribution < -0.4 is 0 Å². The zero-order valence-electron chi connectivity index (χ0n) is 15.6. The van der Waals surface area contributed by atoms with Crippen LogP contribution >= 0.6 is 11.8 Å². The highest BCUT2D eigenvalue weighted by Gasteiger charge is 2.11. The molecule has 0 aliphatic heterocycles. The lowest BCUT2D eigenvalue weighted by Crippen LogP contribution is -2.06. The first-order valence-corrected chi connectivity index (χ1v) is 9.97. The maximum absolute atomic E-state index is 12.4. The summed E-state index contributed by atoms with van der Waals surface area (Å²) in [6.45, 7) is 0.206. The number of carbonyl (C=O) groups is 1. The second kappa shape index (κ2) is 9.17. The molecule has 0 saturated carbocycles. The minimum atomic E-state index is -0.417. The van der Waals surface area contributed by atoms with Crippen LogP contribution in [-0.2, 0) is 11.3 Å². The largest absolute Gasteiger partial charge is 0.457 e. The normalized spacial score (nSPS) is 10.5. The molecular formula is C24H18N2O2S.